The zero-order valence-electron chi connectivity index (χ0n) is 11.1. The van der Waals surface area contributed by atoms with Gasteiger partial charge in [0.15, 0.2) is 0 Å². The lowest BCUT2D eigenvalue weighted by molar-refractivity contribution is 0.175. The second kappa shape index (κ2) is 6.75. The number of aliphatic hydroxyl groups is 1. The monoisotopic (exact) mass is 244 g/mol. The van der Waals surface area contributed by atoms with E-state index in [1.807, 2.05) is 30.3 Å². The maximum atomic E-state index is 10.2. The molecule has 0 bridgehead atoms. The van der Waals surface area contributed by atoms with Crippen molar-refractivity contribution in [2.45, 2.75) is 51.0 Å². The molecule has 1 nitrogen and oxygen atoms in total. The van der Waals surface area contributed by atoms with Crippen molar-refractivity contribution < 1.29 is 5.11 Å². The minimum atomic E-state index is -0.387. The summed E-state index contributed by atoms with van der Waals surface area (Å²) in [4.78, 5) is 0. The molecular formula is C17H24O. The zero-order chi connectivity index (χ0) is 12.8. The van der Waals surface area contributed by atoms with E-state index < -0.39 is 0 Å². The molecule has 1 saturated carbocycles. The van der Waals surface area contributed by atoms with Crippen molar-refractivity contribution >= 4 is 0 Å². The minimum absolute atomic E-state index is 0.387. The van der Waals surface area contributed by atoms with Crippen molar-refractivity contribution in [3.05, 3.63) is 48.0 Å². The van der Waals surface area contributed by atoms with Gasteiger partial charge in [-0.25, -0.2) is 0 Å². The fraction of sp³-hybridized carbons (Fsp3) is 0.529. The summed E-state index contributed by atoms with van der Waals surface area (Å²) in [7, 11) is 0. The number of benzene rings is 1. The summed E-state index contributed by atoms with van der Waals surface area (Å²) in [6.07, 6.45) is 8.27. The molecule has 0 aromatic heterocycles. The summed E-state index contributed by atoms with van der Waals surface area (Å²) in [6, 6.07) is 9.90. The van der Waals surface area contributed by atoms with Gasteiger partial charge in [0, 0.05) is 0 Å². The summed E-state index contributed by atoms with van der Waals surface area (Å²) in [5, 5.41) is 10.2. The van der Waals surface area contributed by atoms with E-state index in [0.717, 1.165) is 17.9 Å². The van der Waals surface area contributed by atoms with Crippen LogP contribution in [-0.2, 0) is 0 Å². The molecule has 0 unspecified atom stereocenters. The molecule has 0 saturated heterocycles. The largest absolute Gasteiger partial charge is 0.388 e. The van der Waals surface area contributed by atoms with Crippen LogP contribution in [0.4, 0.5) is 0 Å². The molecule has 0 aliphatic heterocycles. The third-order valence-corrected chi connectivity index (χ3v) is 3.97. The second-order valence-corrected chi connectivity index (χ2v) is 5.59. The summed E-state index contributed by atoms with van der Waals surface area (Å²) in [5.41, 5.74) is 2.21. The van der Waals surface area contributed by atoms with Crippen LogP contribution in [0.25, 0.3) is 0 Å². The van der Waals surface area contributed by atoms with Crippen molar-refractivity contribution in [1.29, 1.82) is 0 Å². The molecule has 18 heavy (non-hydrogen) atoms. The number of rotatable bonds is 5. The lowest BCUT2D eigenvalue weighted by Crippen LogP contribution is -2.08. The highest BCUT2D eigenvalue weighted by Gasteiger charge is 2.16. The van der Waals surface area contributed by atoms with Crippen LogP contribution in [-0.4, -0.2) is 5.11 Å². The highest BCUT2D eigenvalue weighted by molar-refractivity contribution is 5.19. The first-order valence-electron chi connectivity index (χ1n) is 7.15. The first-order chi connectivity index (χ1) is 8.75. The normalized spacial score (nSPS) is 18.5. The van der Waals surface area contributed by atoms with E-state index in [1.54, 1.807) is 0 Å². The van der Waals surface area contributed by atoms with E-state index in [0.29, 0.717) is 6.42 Å². The molecule has 0 amide bonds. The molecule has 0 radical (unpaired) electrons. The Kier molecular flexibility index (Phi) is 5.00. The van der Waals surface area contributed by atoms with Crippen LogP contribution in [0.2, 0.25) is 0 Å². The molecule has 0 spiro atoms. The zero-order valence-corrected chi connectivity index (χ0v) is 11.1. The first kappa shape index (κ1) is 13.4. The molecule has 1 heteroatoms. The number of hydrogen-bond donors (Lipinski definition) is 1. The van der Waals surface area contributed by atoms with Gasteiger partial charge in [0.1, 0.15) is 0 Å². The summed E-state index contributed by atoms with van der Waals surface area (Å²) in [6.45, 7) is 4.15. The van der Waals surface area contributed by atoms with E-state index in [-0.39, 0.29) is 6.10 Å². The minimum Gasteiger partial charge on any atom is -0.388 e. The van der Waals surface area contributed by atoms with Gasteiger partial charge in [0.25, 0.3) is 0 Å². The molecule has 0 heterocycles. The predicted molar refractivity (Wildman–Crippen MR) is 76.4 cm³/mol. The average molecular weight is 244 g/mol. The Hall–Kier alpha value is -1.08. The maximum Gasteiger partial charge on any atom is 0.0827 e. The van der Waals surface area contributed by atoms with Crippen LogP contribution < -0.4 is 0 Å². The standard InChI is InChI=1S/C17H24O/c1-14(12-15-8-4-2-5-9-15)13-17(18)16-10-6-3-7-11-16/h3,6-7,10-11,15,17-18H,1-2,4-5,8-9,12-13H2/t17-/m0/s1. The van der Waals surface area contributed by atoms with Gasteiger partial charge >= 0.3 is 0 Å². The number of hydrogen-bond acceptors (Lipinski definition) is 1. The summed E-state index contributed by atoms with van der Waals surface area (Å²) in [5.74, 6) is 0.814. The van der Waals surface area contributed by atoms with E-state index in [4.69, 9.17) is 0 Å². The van der Waals surface area contributed by atoms with Crippen LogP contribution >= 0.6 is 0 Å². The van der Waals surface area contributed by atoms with Gasteiger partial charge < -0.3 is 5.11 Å². The van der Waals surface area contributed by atoms with Gasteiger partial charge in [0.05, 0.1) is 6.10 Å². The Morgan fingerprint density at radius 1 is 1.17 bits per heavy atom. The number of aliphatic hydroxyl groups excluding tert-OH is 1. The molecule has 1 aliphatic carbocycles. The van der Waals surface area contributed by atoms with Crippen LogP contribution in [0, 0.1) is 5.92 Å². The molecule has 1 aromatic rings. The van der Waals surface area contributed by atoms with Crippen LogP contribution in [0.3, 0.4) is 0 Å². The quantitative estimate of drug-likeness (QED) is 0.748. The predicted octanol–water partition coefficient (Wildman–Crippen LogP) is 4.64. The topological polar surface area (TPSA) is 20.2 Å². The molecule has 1 fully saturated rings. The average Bonchev–Trinajstić information content (AvgIpc) is 2.40. The van der Waals surface area contributed by atoms with Crippen molar-refractivity contribution in [2.24, 2.45) is 5.92 Å². The van der Waals surface area contributed by atoms with E-state index in [1.165, 1.54) is 37.7 Å². The lowest BCUT2D eigenvalue weighted by Gasteiger charge is -2.23. The van der Waals surface area contributed by atoms with Gasteiger partial charge in [-0.15, -0.1) is 0 Å². The molecule has 1 atom stereocenters. The second-order valence-electron chi connectivity index (χ2n) is 5.59. The third-order valence-electron chi connectivity index (χ3n) is 3.97. The lowest BCUT2D eigenvalue weighted by atomic mass is 9.84. The first-order valence-corrected chi connectivity index (χ1v) is 7.15. The van der Waals surface area contributed by atoms with E-state index >= 15 is 0 Å². The highest BCUT2D eigenvalue weighted by Crippen LogP contribution is 2.31. The van der Waals surface area contributed by atoms with Gasteiger partial charge in [0.2, 0.25) is 0 Å². The van der Waals surface area contributed by atoms with Gasteiger partial charge in [-0.3, -0.25) is 0 Å². The van der Waals surface area contributed by atoms with Gasteiger partial charge in [-0.05, 0) is 24.3 Å². The summed E-state index contributed by atoms with van der Waals surface area (Å²) >= 11 is 0. The molecule has 1 aromatic carbocycles. The Labute approximate surface area is 111 Å². The molecule has 2 rings (SSSR count). The van der Waals surface area contributed by atoms with Crippen LogP contribution in [0.5, 0.6) is 0 Å². The smallest absolute Gasteiger partial charge is 0.0827 e. The summed E-state index contributed by atoms with van der Waals surface area (Å²) < 4.78 is 0. The fourth-order valence-electron chi connectivity index (χ4n) is 2.95. The van der Waals surface area contributed by atoms with Crippen molar-refractivity contribution in [3.63, 3.8) is 0 Å². The van der Waals surface area contributed by atoms with Crippen molar-refractivity contribution in [3.8, 4) is 0 Å². The Balaban J connectivity index is 1.80. The van der Waals surface area contributed by atoms with Gasteiger partial charge in [-0.1, -0.05) is 74.6 Å². The van der Waals surface area contributed by atoms with Crippen molar-refractivity contribution in [1.82, 2.24) is 0 Å². The SMILES string of the molecule is C=C(CC1CCCCC1)C[C@H](O)c1ccccc1. The van der Waals surface area contributed by atoms with E-state index in [2.05, 4.69) is 6.58 Å². The Morgan fingerprint density at radius 3 is 2.50 bits per heavy atom. The maximum absolute atomic E-state index is 10.2. The Bertz CT molecular complexity index is 362. The van der Waals surface area contributed by atoms with Crippen molar-refractivity contribution in [2.75, 3.05) is 0 Å². The molecule has 1 aliphatic rings. The Morgan fingerprint density at radius 2 is 1.83 bits per heavy atom. The van der Waals surface area contributed by atoms with Gasteiger partial charge in [-0.2, -0.15) is 0 Å². The molecular weight excluding hydrogens is 220 g/mol. The highest BCUT2D eigenvalue weighted by atomic mass is 16.3. The molecule has 1 N–H and O–H groups in total. The van der Waals surface area contributed by atoms with Crippen LogP contribution in [0.1, 0.15) is 56.6 Å². The molecule has 98 valence electrons. The van der Waals surface area contributed by atoms with Crippen LogP contribution in [0.15, 0.2) is 42.5 Å². The van der Waals surface area contributed by atoms with E-state index in [9.17, 15) is 5.11 Å². The third kappa shape index (κ3) is 3.99. The fourth-order valence-corrected chi connectivity index (χ4v) is 2.95.